The van der Waals surface area contributed by atoms with E-state index in [-0.39, 0.29) is 5.82 Å². The fourth-order valence-electron chi connectivity index (χ4n) is 1.79. The summed E-state index contributed by atoms with van der Waals surface area (Å²) < 4.78 is 13.6. The lowest BCUT2D eigenvalue weighted by Crippen LogP contribution is -2.11. The van der Waals surface area contributed by atoms with Gasteiger partial charge in [0, 0.05) is 18.1 Å². The van der Waals surface area contributed by atoms with Gasteiger partial charge in [-0.1, -0.05) is 30.7 Å². The Morgan fingerprint density at radius 3 is 2.62 bits per heavy atom. The molecule has 0 aliphatic heterocycles. The highest BCUT2D eigenvalue weighted by Gasteiger charge is 2.06. The second kappa shape index (κ2) is 7.78. The number of anilines is 2. The highest BCUT2D eigenvalue weighted by molar-refractivity contribution is 6.30. The summed E-state index contributed by atoms with van der Waals surface area (Å²) in [4.78, 5) is 8.03. The number of halogens is 2. The van der Waals surface area contributed by atoms with E-state index in [1.807, 2.05) is 31.2 Å². The standard InChI is InChI=1S/C15H18ClFN4/c1-2-8-19-15-20-10-13(17)14(21-15)18-9-7-11-3-5-12(16)6-4-11/h3-6,10H,2,7-9H2,1H3,(H2,18,19,20,21). The molecule has 0 aliphatic rings. The molecule has 2 rings (SSSR count). The first kappa shape index (κ1) is 15.5. The lowest BCUT2D eigenvalue weighted by Gasteiger charge is -2.09. The van der Waals surface area contributed by atoms with Gasteiger partial charge >= 0.3 is 0 Å². The van der Waals surface area contributed by atoms with Crippen molar-refractivity contribution in [1.29, 1.82) is 0 Å². The first-order valence-electron chi connectivity index (χ1n) is 6.93. The average molecular weight is 309 g/mol. The minimum atomic E-state index is -0.451. The molecule has 0 radical (unpaired) electrons. The van der Waals surface area contributed by atoms with Crippen LogP contribution >= 0.6 is 11.6 Å². The summed E-state index contributed by atoms with van der Waals surface area (Å²) in [5.74, 6) is 0.206. The molecule has 0 atom stereocenters. The van der Waals surface area contributed by atoms with E-state index in [0.717, 1.165) is 24.9 Å². The third kappa shape index (κ3) is 4.86. The van der Waals surface area contributed by atoms with Crippen LogP contribution in [0.3, 0.4) is 0 Å². The fourth-order valence-corrected chi connectivity index (χ4v) is 1.92. The van der Waals surface area contributed by atoms with Crippen molar-refractivity contribution in [3.05, 3.63) is 46.9 Å². The third-order valence-electron chi connectivity index (χ3n) is 2.90. The zero-order valence-corrected chi connectivity index (χ0v) is 12.6. The van der Waals surface area contributed by atoms with Gasteiger partial charge in [-0.05, 0) is 30.5 Å². The van der Waals surface area contributed by atoms with Gasteiger partial charge in [0.25, 0.3) is 0 Å². The van der Waals surface area contributed by atoms with Crippen LogP contribution in [-0.2, 0) is 6.42 Å². The van der Waals surface area contributed by atoms with Gasteiger partial charge in [-0.2, -0.15) is 4.98 Å². The lowest BCUT2D eigenvalue weighted by atomic mass is 10.1. The van der Waals surface area contributed by atoms with Crippen molar-refractivity contribution in [2.24, 2.45) is 0 Å². The van der Waals surface area contributed by atoms with Crippen molar-refractivity contribution >= 4 is 23.4 Å². The highest BCUT2D eigenvalue weighted by atomic mass is 35.5. The Balaban J connectivity index is 1.91. The first-order valence-corrected chi connectivity index (χ1v) is 7.31. The predicted octanol–water partition coefficient (Wildman–Crippen LogP) is 3.75. The van der Waals surface area contributed by atoms with Gasteiger partial charge in [-0.15, -0.1) is 0 Å². The number of aromatic nitrogens is 2. The van der Waals surface area contributed by atoms with Gasteiger partial charge in [0.15, 0.2) is 11.6 Å². The van der Waals surface area contributed by atoms with Crippen molar-refractivity contribution in [3.8, 4) is 0 Å². The van der Waals surface area contributed by atoms with Crippen LogP contribution in [-0.4, -0.2) is 23.1 Å². The Labute approximate surface area is 128 Å². The maximum atomic E-state index is 13.6. The second-order valence-electron chi connectivity index (χ2n) is 4.62. The third-order valence-corrected chi connectivity index (χ3v) is 3.15. The molecule has 6 heteroatoms. The van der Waals surface area contributed by atoms with E-state index >= 15 is 0 Å². The molecule has 4 nitrogen and oxygen atoms in total. The predicted molar refractivity (Wildman–Crippen MR) is 84.4 cm³/mol. The molecule has 0 amide bonds. The molecule has 2 N–H and O–H groups in total. The highest BCUT2D eigenvalue weighted by Crippen LogP contribution is 2.13. The van der Waals surface area contributed by atoms with E-state index in [9.17, 15) is 4.39 Å². The van der Waals surface area contributed by atoms with Crippen LogP contribution in [0.15, 0.2) is 30.5 Å². The Bertz CT molecular complexity index is 574. The van der Waals surface area contributed by atoms with Gasteiger partial charge in [-0.25, -0.2) is 9.37 Å². The van der Waals surface area contributed by atoms with Gasteiger partial charge in [0.1, 0.15) is 0 Å². The van der Waals surface area contributed by atoms with Crippen molar-refractivity contribution in [2.75, 3.05) is 23.7 Å². The summed E-state index contributed by atoms with van der Waals surface area (Å²) in [6, 6.07) is 7.59. The van der Waals surface area contributed by atoms with Crippen molar-refractivity contribution in [1.82, 2.24) is 9.97 Å². The lowest BCUT2D eigenvalue weighted by molar-refractivity contribution is 0.617. The molecule has 0 fully saturated rings. The Morgan fingerprint density at radius 1 is 1.14 bits per heavy atom. The molecule has 21 heavy (non-hydrogen) atoms. The van der Waals surface area contributed by atoms with Crippen molar-refractivity contribution in [2.45, 2.75) is 19.8 Å². The van der Waals surface area contributed by atoms with Gasteiger partial charge < -0.3 is 10.6 Å². The monoisotopic (exact) mass is 308 g/mol. The number of nitrogens with one attached hydrogen (secondary N) is 2. The van der Waals surface area contributed by atoms with E-state index in [0.29, 0.717) is 17.5 Å². The molecule has 0 spiro atoms. The smallest absolute Gasteiger partial charge is 0.224 e. The summed E-state index contributed by atoms with van der Waals surface area (Å²) >= 11 is 5.83. The molecule has 0 saturated heterocycles. The fraction of sp³-hybridized carbons (Fsp3) is 0.333. The molecule has 0 saturated carbocycles. The summed E-state index contributed by atoms with van der Waals surface area (Å²) in [5, 5.41) is 6.73. The Kier molecular flexibility index (Phi) is 5.75. The van der Waals surface area contributed by atoms with E-state index in [2.05, 4.69) is 20.6 Å². The number of benzene rings is 1. The largest absolute Gasteiger partial charge is 0.367 e. The number of hydrogen-bond acceptors (Lipinski definition) is 4. The maximum absolute atomic E-state index is 13.6. The van der Waals surface area contributed by atoms with Gasteiger partial charge in [0.2, 0.25) is 5.95 Å². The van der Waals surface area contributed by atoms with Crippen molar-refractivity contribution < 1.29 is 4.39 Å². The van der Waals surface area contributed by atoms with Crippen LogP contribution in [0, 0.1) is 5.82 Å². The SMILES string of the molecule is CCCNc1ncc(F)c(NCCc2ccc(Cl)cc2)n1. The minimum Gasteiger partial charge on any atom is -0.367 e. The molecule has 0 unspecified atom stereocenters. The van der Waals surface area contributed by atoms with Gasteiger partial charge in [-0.3, -0.25) is 0 Å². The zero-order chi connectivity index (χ0) is 15.1. The molecule has 1 heterocycles. The Morgan fingerprint density at radius 2 is 1.90 bits per heavy atom. The van der Waals surface area contributed by atoms with Crippen molar-refractivity contribution in [3.63, 3.8) is 0 Å². The maximum Gasteiger partial charge on any atom is 0.224 e. The zero-order valence-electron chi connectivity index (χ0n) is 11.9. The summed E-state index contributed by atoms with van der Waals surface area (Å²) in [6.07, 6.45) is 2.90. The molecule has 1 aromatic heterocycles. The van der Waals surface area contributed by atoms with Crippen LogP contribution < -0.4 is 10.6 Å². The molecular formula is C15H18ClFN4. The molecular weight excluding hydrogens is 291 g/mol. The first-order chi connectivity index (χ1) is 10.2. The van der Waals surface area contributed by atoms with Crippen LogP contribution in [0.1, 0.15) is 18.9 Å². The molecule has 0 bridgehead atoms. The summed E-state index contributed by atoms with van der Waals surface area (Å²) in [5.41, 5.74) is 1.13. The van der Waals surface area contributed by atoms with E-state index in [4.69, 9.17) is 11.6 Å². The van der Waals surface area contributed by atoms with E-state index in [1.165, 1.54) is 6.20 Å². The number of nitrogens with zero attached hydrogens (tertiary/aromatic N) is 2. The van der Waals surface area contributed by atoms with E-state index < -0.39 is 5.82 Å². The molecule has 0 aliphatic carbocycles. The second-order valence-corrected chi connectivity index (χ2v) is 5.06. The molecule has 112 valence electrons. The molecule has 2 aromatic rings. The number of rotatable bonds is 7. The topological polar surface area (TPSA) is 49.8 Å². The summed E-state index contributed by atoms with van der Waals surface area (Å²) in [6.45, 7) is 3.39. The average Bonchev–Trinajstić information content (AvgIpc) is 2.50. The van der Waals surface area contributed by atoms with Crippen LogP contribution in [0.4, 0.5) is 16.2 Å². The minimum absolute atomic E-state index is 0.220. The Hall–Kier alpha value is -1.88. The quantitative estimate of drug-likeness (QED) is 0.818. The summed E-state index contributed by atoms with van der Waals surface area (Å²) in [7, 11) is 0. The van der Waals surface area contributed by atoms with E-state index in [1.54, 1.807) is 0 Å². The van der Waals surface area contributed by atoms with Gasteiger partial charge in [0.05, 0.1) is 6.20 Å². The van der Waals surface area contributed by atoms with Crippen LogP contribution in [0.5, 0.6) is 0 Å². The van der Waals surface area contributed by atoms with Crippen LogP contribution in [0.2, 0.25) is 5.02 Å². The number of hydrogen-bond donors (Lipinski definition) is 2. The van der Waals surface area contributed by atoms with Crippen LogP contribution in [0.25, 0.3) is 0 Å². The molecule has 1 aromatic carbocycles. The normalized spacial score (nSPS) is 10.4.